The van der Waals surface area contributed by atoms with Crippen LogP contribution in [0.1, 0.15) is 48.0 Å². The van der Waals surface area contributed by atoms with Gasteiger partial charge >= 0.3 is 0 Å². The lowest BCUT2D eigenvalue weighted by Gasteiger charge is -2.38. The van der Waals surface area contributed by atoms with Crippen molar-refractivity contribution >= 4 is 15.9 Å². The van der Waals surface area contributed by atoms with E-state index in [9.17, 15) is 17.6 Å². The number of benzene rings is 2. The van der Waals surface area contributed by atoms with Crippen LogP contribution in [0.2, 0.25) is 0 Å². The van der Waals surface area contributed by atoms with Crippen LogP contribution in [-0.2, 0) is 15.4 Å². The van der Waals surface area contributed by atoms with Crippen LogP contribution in [0.4, 0.5) is 4.39 Å². The van der Waals surface area contributed by atoms with Gasteiger partial charge in [-0.3, -0.25) is 4.79 Å². The monoisotopic (exact) mass is 418 g/mol. The molecule has 156 valence electrons. The number of hydrogen-bond donors (Lipinski definition) is 1. The number of rotatable bonds is 6. The molecule has 0 radical (unpaired) electrons. The first-order valence-corrected chi connectivity index (χ1v) is 11.3. The summed E-state index contributed by atoms with van der Waals surface area (Å²) in [6.45, 7) is 0.433. The predicted molar refractivity (Wildman–Crippen MR) is 111 cm³/mol. The molecule has 0 saturated heterocycles. The molecular weight excluding hydrogens is 391 g/mol. The van der Waals surface area contributed by atoms with Gasteiger partial charge in [-0.15, -0.1) is 0 Å². The number of carbonyl (C=O) groups excluding carboxylic acids is 1. The summed E-state index contributed by atoms with van der Waals surface area (Å²) in [6.07, 6.45) is 5.12. The summed E-state index contributed by atoms with van der Waals surface area (Å²) in [5, 5.41) is 2.99. The molecule has 2 aromatic rings. The Kier molecular flexibility index (Phi) is 6.39. The van der Waals surface area contributed by atoms with E-state index in [4.69, 9.17) is 0 Å². The fraction of sp³-hybridized carbons (Fsp3) is 0.409. The highest BCUT2D eigenvalue weighted by molar-refractivity contribution is 7.89. The van der Waals surface area contributed by atoms with Gasteiger partial charge < -0.3 is 5.32 Å². The summed E-state index contributed by atoms with van der Waals surface area (Å²) in [4.78, 5) is 12.9. The van der Waals surface area contributed by atoms with Crippen molar-refractivity contribution in [3.63, 3.8) is 0 Å². The second-order valence-electron chi connectivity index (χ2n) is 7.85. The molecule has 0 aliphatic heterocycles. The van der Waals surface area contributed by atoms with Gasteiger partial charge in [-0.1, -0.05) is 37.5 Å². The minimum absolute atomic E-state index is 0.0843. The van der Waals surface area contributed by atoms with E-state index in [2.05, 4.69) is 5.32 Å². The Bertz CT molecular complexity index is 966. The maximum atomic E-state index is 13.4. The summed E-state index contributed by atoms with van der Waals surface area (Å²) in [6, 6.07) is 12.6. The Balaban J connectivity index is 1.80. The van der Waals surface area contributed by atoms with E-state index in [1.165, 1.54) is 38.4 Å². The summed E-state index contributed by atoms with van der Waals surface area (Å²) in [5.41, 5.74) is 1.11. The van der Waals surface area contributed by atoms with Crippen molar-refractivity contribution in [1.29, 1.82) is 0 Å². The number of hydrogen-bond acceptors (Lipinski definition) is 3. The van der Waals surface area contributed by atoms with Crippen molar-refractivity contribution < 1.29 is 17.6 Å². The molecule has 1 aliphatic carbocycles. The number of carbonyl (C=O) groups is 1. The average molecular weight is 419 g/mol. The molecule has 0 aromatic heterocycles. The number of sulfonamides is 1. The highest BCUT2D eigenvalue weighted by Gasteiger charge is 2.34. The second-order valence-corrected chi connectivity index (χ2v) is 10.00. The smallest absolute Gasteiger partial charge is 0.251 e. The zero-order valence-electron chi connectivity index (χ0n) is 16.8. The number of halogens is 1. The highest BCUT2D eigenvalue weighted by atomic mass is 32.2. The Morgan fingerprint density at radius 3 is 2.34 bits per heavy atom. The summed E-state index contributed by atoms with van der Waals surface area (Å²) < 4.78 is 39.2. The molecule has 0 unspecified atom stereocenters. The fourth-order valence-electron chi connectivity index (χ4n) is 3.96. The summed E-state index contributed by atoms with van der Waals surface area (Å²) in [7, 11) is -0.698. The maximum absolute atomic E-state index is 13.4. The van der Waals surface area contributed by atoms with E-state index >= 15 is 0 Å². The molecule has 0 heterocycles. The molecular formula is C22H27FN2O3S. The molecule has 3 rings (SSSR count). The molecule has 29 heavy (non-hydrogen) atoms. The highest BCUT2D eigenvalue weighted by Crippen LogP contribution is 2.39. The fourth-order valence-corrected chi connectivity index (χ4v) is 4.91. The van der Waals surface area contributed by atoms with Crippen LogP contribution in [0.25, 0.3) is 0 Å². The van der Waals surface area contributed by atoms with Crippen LogP contribution in [0, 0.1) is 5.82 Å². The minimum Gasteiger partial charge on any atom is -0.351 e. The van der Waals surface area contributed by atoms with Crippen LogP contribution in [-0.4, -0.2) is 39.3 Å². The van der Waals surface area contributed by atoms with Gasteiger partial charge in [0, 0.05) is 31.6 Å². The molecule has 2 aromatic carbocycles. The van der Waals surface area contributed by atoms with Gasteiger partial charge in [-0.2, -0.15) is 0 Å². The van der Waals surface area contributed by atoms with Gasteiger partial charge in [0.15, 0.2) is 0 Å². The second kappa shape index (κ2) is 8.63. The van der Waals surface area contributed by atoms with Gasteiger partial charge in [0.25, 0.3) is 5.91 Å². The van der Waals surface area contributed by atoms with Crippen molar-refractivity contribution in [1.82, 2.24) is 9.62 Å². The predicted octanol–water partition coefficient (Wildman–Crippen LogP) is 3.71. The summed E-state index contributed by atoms with van der Waals surface area (Å²) in [5.74, 6) is -0.587. The molecule has 0 spiro atoms. The van der Waals surface area contributed by atoms with Crippen molar-refractivity contribution in [3.8, 4) is 0 Å². The molecule has 1 saturated carbocycles. The lowest BCUT2D eigenvalue weighted by Crippen LogP contribution is -2.42. The molecule has 7 heteroatoms. The van der Waals surface area contributed by atoms with Gasteiger partial charge in [0.2, 0.25) is 10.0 Å². The third-order valence-corrected chi connectivity index (χ3v) is 7.54. The van der Waals surface area contributed by atoms with Crippen LogP contribution in [0.3, 0.4) is 0 Å². The first-order valence-electron chi connectivity index (χ1n) is 9.81. The molecule has 0 bridgehead atoms. The van der Waals surface area contributed by atoms with Crippen molar-refractivity contribution in [3.05, 3.63) is 65.5 Å². The standard InChI is InChI=1S/C22H27FN2O3S/c1-25(2)29(27,28)20-8-6-7-17(15-20)21(26)24-16-22(13-4-3-5-14-22)18-9-11-19(23)12-10-18/h6-12,15H,3-5,13-14,16H2,1-2H3,(H,24,26). The largest absolute Gasteiger partial charge is 0.351 e. The summed E-state index contributed by atoms with van der Waals surface area (Å²) >= 11 is 0. The Morgan fingerprint density at radius 1 is 1.07 bits per heavy atom. The van der Waals surface area contributed by atoms with Crippen LogP contribution >= 0.6 is 0 Å². The van der Waals surface area contributed by atoms with E-state index in [1.54, 1.807) is 24.3 Å². The van der Waals surface area contributed by atoms with E-state index in [0.717, 1.165) is 42.0 Å². The van der Waals surface area contributed by atoms with E-state index in [1.807, 2.05) is 0 Å². The van der Waals surface area contributed by atoms with E-state index in [0.29, 0.717) is 12.1 Å². The Labute approximate surface area is 172 Å². The van der Waals surface area contributed by atoms with Crippen LogP contribution < -0.4 is 5.32 Å². The zero-order valence-corrected chi connectivity index (χ0v) is 17.6. The molecule has 0 atom stereocenters. The maximum Gasteiger partial charge on any atom is 0.251 e. The SMILES string of the molecule is CN(C)S(=O)(=O)c1cccc(C(=O)NCC2(c3ccc(F)cc3)CCCCC2)c1. The average Bonchev–Trinajstić information content (AvgIpc) is 2.73. The van der Waals surface area contributed by atoms with Gasteiger partial charge in [0.1, 0.15) is 5.82 Å². The van der Waals surface area contributed by atoms with Crippen molar-refractivity contribution in [2.75, 3.05) is 20.6 Å². The van der Waals surface area contributed by atoms with Gasteiger partial charge in [0.05, 0.1) is 4.90 Å². The normalized spacial score (nSPS) is 16.6. The third-order valence-electron chi connectivity index (χ3n) is 5.73. The lowest BCUT2D eigenvalue weighted by atomic mass is 9.69. The zero-order chi connectivity index (χ0) is 21.1. The Hall–Kier alpha value is -2.25. The number of nitrogens with zero attached hydrogens (tertiary/aromatic N) is 1. The first kappa shape index (κ1) is 21.5. The van der Waals surface area contributed by atoms with E-state index < -0.39 is 10.0 Å². The minimum atomic E-state index is -3.61. The van der Waals surface area contributed by atoms with Crippen LogP contribution in [0.5, 0.6) is 0 Å². The molecule has 5 nitrogen and oxygen atoms in total. The molecule has 1 fully saturated rings. The quantitative estimate of drug-likeness (QED) is 0.778. The molecule has 1 amide bonds. The third kappa shape index (κ3) is 4.67. The van der Waals surface area contributed by atoms with Gasteiger partial charge in [-0.05, 0) is 48.7 Å². The van der Waals surface area contributed by atoms with E-state index in [-0.39, 0.29) is 22.0 Å². The van der Waals surface area contributed by atoms with Crippen LogP contribution in [0.15, 0.2) is 53.4 Å². The topological polar surface area (TPSA) is 66.5 Å². The van der Waals surface area contributed by atoms with Crippen molar-refractivity contribution in [2.45, 2.75) is 42.4 Å². The molecule has 1 N–H and O–H groups in total. The lowest BCUT2D eigenvalue weighted by molar-refractivity contribution is 0.0936. The Morgan fingerprint density at radius 2 is 1.72 bits per heavy atom. The number of amides is 1. The van der Waals surface area contributed by atoms with Gasteiger partial charge in [-0.25, -0.2) is 17.1 Å². The number of nitrogens with one attached hydrogen (secondary N) is 1. The first-order chi connectivity index (χ1) is 13.7. The van der Waals surface area contributed by atoms with Crippen molar-refractivity contribution in [2.24, 2.45) is 0 Å². The molecule has 1 aliphatic rings.